The fraction of sp³-hybridized carbons (Fsp3) is 0.632. The number of hydrogen-bond acceptors (Lipinski definition) is 3. The van der Waals surface area contributed by atoms with Crippen molar-refractivity contribution >= 4 is 29.9 Å². The van der Waals surface area contributed by atoms with Crippen LogP contribution in [0.4, 0.5) is 0 Å². The molecule has 2 unspecified atom stereocenters. The monoisotopic (exact) mass is 460 g/mol. The van der Waals surface area contributed by atoms with Crippen LogP contribution in [-0.2, 0) is 11.2 Å². The quantitative estimate of drug-likeness (QED) is 0.356. The van der Waals surface area contributed by atoms with Gasteiger partial charge in [-0.2, -0.15) is 0 Å². The molecule has 1 aromatic rings. The van der Waals surface area contributed by atoms with Crippen molar-refractivity contribution in [3.8, 4) is 0 Å². The Morgan fingerprint density at radius 3 is 2.64 bits per heavy atom. The molecule has 142 valence electrons. The van der Waals surface area contributed by atoms with Gasteiger partial charge < -0.3 is 20.3 Å². The second-order valence-corrected chi connectivity index (χ2v) is 6.54. The summed E-state index contributed by atoms with van der Waals surface area (Å²) in [5.41, 5.74) is 1.35. The average Bonchev–Trinajstić information content (AvgIpc) is 3.10. The summed E-state index contributed by atoms with van der Waals surface area (Å²) in [6, 6.07) is 11.0. The van der Waals surface area contributed by atoms with E-state index in [1.807, 2.05) is 0 Å². The summed E-state index contributed by atoms with van der Waals surface area (Å²) in [4.78, 5) is 7.04. The molecule has 6 heteroatoms. The number of guanidine groups is 1. The summed E-state index contributed by atoms with van der Waals surface area (Å²) in [5, 5.41) is 6.75. The van der Waals surface area contributed by atoms with E-state index in [9.17, 15) is 0 Å². The van der Waals surface area contributed by atoms with Crippen molar-refractivity contribution in [2.75, 3.05) is 40.3 Å². The minimum absolute atomic E-state index is 0. The lowest BCUT2D eigenvalue weighted by Crippen LogP contribution is -2.42. The summed E-state index contributed by atoms with van der Waals surface area (Å²) >= 11 is 0. The predicted octanol–water partition coefficient (Wildman–Crippen LogP) is 2.51. The van der Waals surface area contributed by atoms with Crippen LogP contribution in [0.5, 0.6) is 0 Å². The first-order valence-corrected chi connectivity index (χ1v) is 9.03. The van der Waals surface area contributed by atoms with Gasteiger partial charge in [-0.15, -0.1) is 24.0 Å². The molecule has 2 rings (SSSR count). The van der Waals surface area contributed by atoms with Gasteiger partial charge in [-0.3, -0.25) is 4.99 Å². The Balaban J connectivity index is 0.00000312. The molecule has 1 aromatic carbocycles. The number of rotatable bonds is 8. The summed E-state index contributed by atoms with van der Waals surface area (Å²) in [5.74, 6) is 0.882. The topological polar surface area (TPSA) is 48.9 Å². The maximum atomic E-state index is 5.67. The molecule has 1 saturated heterocycles. The van der Waals surface area contributed by atoms with E-state index >= 15 is 0 Å². The largest absolute Gasteiger partial charge is 0.376 e. The molecule has 2 N–H and O–H groups in total. The fourth-order valence-corrected chi connectivity index (χ4v) is 2.85. The Bertz CT molecular complexity index is 489. The smallest absolute Gasteiger partial charge is 0.191 e. The third-order valence-electron chi connectivity index (χ3n) is 4.37. The zero-order valence-electron chi connectivity index (χ0n) is 15.7. The van der Waals surface area contributed by atoms with Crippen molar-refractivity contribution in [3.63, 3.8) is 0 Å². The van der Waals surface area contributed by atoms with Gasteiger partial charge in [0.2, 0.25) is 0 Å². The normalized spacial score (nSPS) is 18.7. The van der Waals surface area contributed by atoms with Crippen molar-refractivity contribution in [1.29, 1.82) is 0 Å². The van der Waals surface area contributed by atoms with Crippen molar-refractivity contribution in [2.45, 2.75) is 38.3 Å². The van der Waals surface area contributed by atoms with Crippen LogP contribution in [0.25, 0.3) is 0 Å². The van der Waals surface area contributed by atoms with Crippen molar-refractivity contribution in [1.82, 2.24) is 15.5 Å². The molecule has 25 heavy (non-hydrogen) atoms. The van der Waals surface area contributed by atoms with E-state index in [0.717, 1.165) is 45.0 Å². The lowest BCUT2D eigenvalue weighted by atomic mass is 10.1. The first-order valence-electron chi connectivity index (χ1n) is 9.03. The Morgan fingerprint density at radius 2 is 2.04 bits per heavy atom. The SMILES string of the molecule is CCNC(=NCC(Cc1ccccc1)N(C)C)NCC1CCCO1.I. The standard InChI is InChI=1S/C19H32N4O.HI/c1-4-20-19(22-15-18-11-8-12-24-18)21-14-17(23(2)3)13-16-9-6-5-7-10-16;/h5-7,9-10,17-18H,4,8,11-15H2,1-3H3,(H2,20,21,22);1H. The van der Waals surface area contributed by atoms with E-state index in [1.165, 1.54) is 12.0 Å². The number of nitrogens with one attached hydrogen (secondary N) is 2. The molecule has 0 spiro atoms. The highest BCUT2D eigenvalue weighted by molar-refractivity contribution is 14.0. The zero-order valence-corrected chi connectivity index (χ0v) is 18.0. The van der Waals surface area contributed by atoms with Crippen LogP contribution in [-0.4, -0.2) is 63.3 Å². The number of hydrogen-bond donors (Lipinski definition) is 2. The minimum atomic E-state index is 0. The van der Waals surface area contributed by atoms with Crippen LogP contribution in [0.3, 0.4) is 0 Å². The molecule has 0 amide bonds. The highest BCUT2D eigenvalue weighted by atomic mass is 127. The van der Waals surface area contributed by atoms with Crippen LogP contribution in [0.15, 0.2) is 35.3 Å². The number of nitrogens with zero attached hydrogens (tertiary/aromatic N) is 2. The molecule has 0 bridgehead atoms. The maximum absolute atomic E-state index is 5.67. The molecule has 1 aliphatic rings. The van der Waals surface area contributed by atoms with Gasteiger partial charge in [0.25, 0.3) is 0 Å². The second-order valence-electron chi connectivity index (χ2n) is 6.54. The average molecular weight is 460 g/mol. The van der Waals surface area contributed by atoms with E-state index in [1.54, 1.807) is 0 Å². The highest BCUT2D eigenvalue weighted by Gasteiger charge is 2.16. The van der Waals surface area contributed by atoms with E-state index in [-0.39, 0.29) is 24.0 Å². The number of benzene rings is 1. The lowest BCUT2D eigenvalue weighted by Gasteiger charge is -2.23. The molecule has 1 aliphatic heterocycles. The summed E-state index contributed by atoms with van der Waals surface area (Å²) in [7, 11) is 4.24. The Labute approximate surface area is 169 Å². The molecule has 1 fully saturated rings. The van der Waals surface area contributed by atoms with Gasteiger partial charge >= 0.3 is 0 Å². The van der Waals surface area contributed by atoms with Gasteiger partial charge in [-0.05, 0) is 45.8 Å². The third-order valence-corrected chi connectivity index (χ3v) is 4.37. The van der Waals surface area contributed by atoms with E-state index < -0.39 is 0 Å². The number of ether oxygens (including phenoxy) is 1. The van der Waals surface area contributed by atoms with E-state index in [4.69, 9.17) is 9.73 Å². The molecule has 0 radical (unpaired) electrons. The molecule has 2 atom stereocenters. The molecule has 5 nitrogen and oxygen atoms in total. The number of halogens is 1. The maximum Gasteiger partial charge on any atom is 0.191 e. The molecule has 1 heterocycles. The van der Waals surface area contributed by atoms with Crippen LogP contribution in [0.1, 0.15) is 25.3 Å². The van der Waals surface area contributed by atoms with Crippen molar-refractivity contribution in [3.05, 3.63) is 35.9 Å². The molecular formula is C19H33IN4O. The molecule has 0 saturated carbocycles. The van der Waals surface area contributed by atoms with Gasteiger partial charge in [-0.25, -0.2) is 0 Å². The summed E-state index contributed by atoms with van der Waals surface area (Å²) in [6.07, 6.45) is 3.63. The zero-order chi connectivity index (χ0) is 17.2. The first kappa shape index (κ1) is 22.2. The number of likely N-dealkylation sites (N-methyl/N-ethyl adjacent to an activating group) is 1. The van der Waals surface area contributed by atoms with Gasteiger partial charge in [-0.1, -0.05) is 30.3 Å². The molecular weight excluding hydrogens is 427 g/mol. The highest BCUT2D eigenvalue weighted by Crippen LogP contribution is 2.10. The molecule has 0 aromatic heterocycles. The Kier molecular flexibility index (Phi) is 11.1. The summed E-state index contributed by atoms with van der Waals surface area (Å²) < 4.78 is 5.67. The third kappa shape index (κ3) is 8.37. The van der Waals surface area contributed by atoms with Crippen LogP contribution >= 0.6 is 24.0 Å². The minimum Gasteiger partial charge on any atom is -0.376 e. The Hall–Kier alpha value is -0.860. The van der Waals surface area contributed by atoms with Crippen LogP contribution < -0.4 is 10.6 Å². The van der Waals surface area contributed by atoms with Gasteiger partial charge in [0.15, 0.2) is 5.96 Å². The van der Waals surface area contributed by atoms with E-state index in [0.29, 0.717) is 12.1 Å². The van der Waals surface area contributed by atoms with Crippen LogP contribution in [0, 0.1) is 0 Å². The number of aliphatic imine (C=N–C) groups is 1. The van der Waals surface area contributed by atoms with Crippen molar-refractivity contribution < 1.29 is 4.74 Å². The predicted molar refractivity (Wildman–Crippen MR) is 116 cm³/mol. The lowest BCUT2D eigenvalue weighted by molar-refractivity contribution is 0.114. The van der Waals surface area contributed by atoms with Crippen molar-refractivity contribution in [2.24, 2.45) is 4.99 Å². The first-order chi connectivity index (χ1) is 11.7. The van der Waals surface area contributed by atoms with Gasteiger partial charge in [0, 0.05) is 25.7 Å². The summed E-state index contributed by atoms with van der Waals surface area (Å²) in [6.45, 7) is 5.44. The van der Waals surface area contributed by atoms with E-state index in [2.05, 4.69) is 66.9 Å². The van der Waals surface area contributed by atoms with Gasteiger partial charge in [0.1, 0.15) is 0 Å². The van der Waals surface area contributed by atoms with Crippen LogP contribution in [0.2, 0.25) is 0 Å². The van der Waals surface area contributed by atoms with Gasteiger partial charge in [0.05, 0.1) is 12.6 Å². The second kappa shape index (κ2) is 12.5. The Morgan fingerprint density at radius 1 is 1.28 bits per heavy atom. The molecule has 0 aliphatic carbocycles. The fourth-order valence-electron chi connectivity index (χ4n) is 2.85.